The highest BCUT2D eigenvalue weighted by Gasteiger charge is 2.05. The third-order valence-electron chi connectivity index (χ3n) is 0.312. The van der Waals surface area contributed by atoms with Crippen LogP contribution in [0, 0.1) is 0 Å². The van der Waals surface area contributed by atoms with Crippen LogP contribution in [0.5, 0.6) is 0 Å². The van der Waals surface area contributed by atoms with Gasteiger partial charge in [0, 0.05) is 0 Å². The van der Waals surface area contributed by atoms with Crippen LogP contribution in [0.25, 0.3) is 0 Å². The van der Waals surface area contributed by atoms with Crippen LogP contribution < -0.4 is 0 Å². The molecular formula is C3H8O4Si. The van der Waals surface area contributed by atoms with Crippen molar-refractivity contribution in [3.63, 3.8) is 0 Å². The Morgan fingerprint density at radius 3 is 2.25 bits per heavy atom. The molecule has 4 nitrogen and oxygen atoms in total. The van der Waals surface area contributed by atoms with Crippen LogP contribution in [0.2, 0.25) is 0 Å². The van der Waals surface area contributed by atoms with Crippen molar-refractivity contribution in [3.8, 4) is 0 Å². The minimum atomic E-state index is -2.90. The van der Waals surface area contributed by atoms with Gasteiger partial charge < -0.3 is 9.37 Å². The second-order valence-electron chi connectivity index (χ2n) is 1.49. The topological polar surface area (TPSA) is 55.8 Å². The number of hydrogen-bond acceptors (Lipinski definition) is 3. The van der Waals surface area contributed by atoms with E-state index in [9.17, 15) is 4.46 Å². The van der Waals surface area contributed by atoms with E-state index in [1.165, 1.54) is 0 Å². The summed E-state index contributed by atoms with van der Waals surface area (Å²) in [6.45, 7) is 3.40. The van der Waals surface area contributed by atoms with Gasteiger partial charge in [-0.15, -0.1) is 0 Å². The van der Waals surface area contributed by atoms with Crippen LogP contribution in [-0.2, 0) is 13.9 Å². The van der Waals surface area contributed by atoms with Crippen molar-refractivity contribution in [1.29, 1.82) is 0 Å². The molecule has 0 atom stereocenters. The fourth-order valence-electron chi connectivity index (χ4n) is 0.137. The van der Waals surface area contributed by atoms with Crippen LogP contribution in [0.3, 0.4) is 0 Å². The van der Waals surface area contributed by atoms with Crippen LogP contribution in [0.4, 0.5) is 0 Å². The molecular weight excluding hydrogens is 128 g/mol. The van der Waals surface area contributed by atoms with Gasteiger partial charge in [-0.25, -0.2) is 0 Å². The summed E-state index contributed by atoms with van der Waals surface area (Å²) in [5.41, 5.74) is 0. The minimum absolute atomic E-state index is 0.170. The second kappa shape index (κ2) is 3.56. The summed E-state index contributed by atoms with van der Waals surface area (Å²) in [4.78, 5) is 12.3. The highest BCUT2D eigenvalue weighted by molar-refractivity contribution is 6.23. The predicted molar refractivity (Wildman–Crippen MR) is 26.0 cm³/mol. The maximum absolute atomic E-state index is 9.74. The molecule has 1 N–H and O–H groups in total. The van der Waals surface area contributed by atoms with E-state index in [-0.39, 0.29) is 6.10 Å². The lowest BCUT2D eigenvalue weighted by atomic mass is 10.5. The molecule has 0 bridgehead atoms. The van der Waals surface area contributed by atoms with Crippen molar-refractivity contribution in [1.82, 2.24) is 0 Å². The van der Waals surface area contributed by atoms with Crippen LogP contribution >= 0.6 is 0 Å². The molecule has 0 saturated carbocycles. The fraction of sp³-hybridized carbons (Fsp3) is 1.00. The van der Waals surface area contributed by atoms with Gasteiger partial charge in [0.25, 0.3) is 0 Å². The predicted octanol–water partition coefficient (Wildman–Crippen LogP) is -0.249. The summed E-state index contributed by atoms with van der Waals surface area (Å²) in [7, 11) is -2.90. The molecule has 0 aliphatic heterocycles. The third kappa shape index (κ3) is 5.58. The standard InChI is InChI=1S/C3H8O4Si/c1-3(2)6-7-8(4)5/h3-4H,1-2H3. The number of rotatable bonds is 3. The first-order valence-electron chi connectivity index (χ1n) is 2.19. The zero-order valence-electron chi connectivity index (χ0n) is 4.75. The molecule has 0 aromatic rings. The smallest absolute Gasteiger partial charge is 0.510 e. The van der Waals surface area contributed by atoms with Gasteiger partial charge in [0.15, 0.2) is 0 Å². The molecule has 0 fully saturated rings. The van der Waals surface area contributed by atoms with E-state index in [1.54, 1.807) is 13.8 Å². The molecule has 8 heavy (non-hydrogen) atoms. The van der Waals surface area contributed by atoms with Crippen molar-refractivity contribution in [2.75, 3.05) is 0 Å². The largest absolute Gasteiger partial charge is 0.798 e. The molecule has 0 radical (unpaired) electrons. The zero-order chi connectivity index (χ0) is 6.57. The molecule has 0 unspecified atom stereocenters. The summed E-state index contributed by atoms with van der Waals surface area (Å²) < 4.78 is 13.6. The Morgan fingerprint density at radius 2 is 2.12 bits per heavy atom. The van der Waals surface area contributed by atoms with Crippen LogP contribution in [0.1, 0.15) is 13.8 Å². The van der Waals surface area contributed by atoms with E-state index in [0.29, 0.717) is 0 Å². The summed E-state index contributed by atoms with van der Waals surface area (Å²) in [6.07, 6.45) is -0.170. The van der Waals surface area contributed by atoms with Gasteiger partial charge in [0.2, 0.25) is 0 Å². The van der Waals surface area contributed by atoms with E-state index in [1.807, 2.05) is 0 Å². The summed E-state index contributed by atoms with van der Waals surface area (Å²) in [6, 6.07) is 0. The average molecular weight is 136 g/mol. The van der Waals surface area contributed by atoms with E-state index < -0.39 is 9.17 Å². The van der Waals surface area contributed by atoms with Gasteiger partial charge in [-0.2, -0.15) is 4.89 Å². The Hall–Kier alpha value is -0.423. The quantitative estimate of drug-likeness (QED) is 0.330. The Balaban J connectivity index is 3.05. The highest BCUT2D eigenvalue weighted by Crippen LogP contribution is 1.86. The monoisotopic (exact) mass is 136 g/mol. The minimum Gasteiger partial charge on any atom is -0.510 e. The third-order valence-corrected chi connectivity index (χ3v) is 0.551. The maximum Gasteiger partial charge on any atom is 0.798 e. The maximum atomic E-state index is 9.74. The molecule has 5 heteroatoms. The molecule has 0 aromatic carbocycles. The van der Waals surface area contributed by atoms with Crippen molar-refractivity contribution in [2.45, 2.75) is 20.0 Å². The van der Waals surface area contributed by atoms with E-state index in [2.05, 4.69) is 9.46 Å². The van der Waals surface area contributed by atoms with Crippen molar-refractivity contribution < 1.29 is 18.7 Å². The fourth-order valence-corrected chi connectivity index (χ4v) is 0.412. The Morgan fingerprint density at radius 1 is 1.62 bits per heavy atom. The van der Waals surface area contributed by atoms with Gasteiger partial charge in [-0.3, -0.25) is 4.46 Å². The second-order valence-corrected chi connectivity index (χ2v) is 2.19. The first kappa shape index (κ1) is 7.58. The Labute approximate surface area is 48.9 Å². The first-order chi connectivity index (χ1) is 3.63. The molecule has 0 aliphatic carbocycles. The van der Waals surface area contributed by atoms with Crippen molar-refractivity contribution in [3.05, 3.63) is 0 Å². The lowest BCUT2D eigenvalue weighted by molar-refractivity contribution is -0.252. The number of hydrogen-bond donors (Lipinski definition) is 1. The van der Waals surface area contributed by atoms with E-state index in [4.69, 9.17) is 4.80 Å². The highest BCUT2D eigenvalue weighted by atomic mass is 28.3. The molecule has 0 spiro atoms. The Bertz CT molecular complexity index is 81.4. The lowest BCUT2D eigenvalue weighted by Crippen LogP contribution is -2.10. The van der Waals surface area contributed by atoms with Crippen molar-refractivity contribution >= 4 is 9.17 Å². The summed E-state index contributed by atoms with van der Waals surface area (Å²) in [5, 5.41) is 0. The summed E-state index contributed by atoms with van der Waals surface area (Å²) >= 11 is 0. The average Bonchev–Trinajstić information content (AvgIpc) is 1.61. The molecule has 0 aliphatic rings. The lowest BCUT2D eigenvalue weighted by Gasteiger charge is -2.00. The van der Waals surface area contributed by atoms with Crippen LogP contribution in [-0.4, -0.2) is 20.1 Å². The van der Waals surface area contributed by atoms with Gasteiger partial charge in [-0.1, -0.05) is 0 Å². The normalized spacial score (nSPS) is 9.38. The van der Waals surface area contributed by atoms with Gasteiger partial charge in [0.05, 0.1) is 6.10 Å². The molecule has 0 aromatic heterocycles. The van der Waals surface area contributed by atoms with Crippen molar-refractivity contribution in [2.24, 2.45) is 0 Å². The van der Waals surface area contributed by atoms with E-state index in [0.717, 1.165) is 0 Å². The van der Waals surface area contributed by atoms with E-state index >= 15 is 0 Å². The zero-order valence-corrected chi connectivity index (χ0v) is 5.75. The SMILES string of the molecule is CC(C)OO[Si](=O)O. The van der Waals surface area contributed by atoms with Crippen LogP contribution in [0.15, 0.2) is 0 Å². The first-order valence-corrected chi connectivity index (χ1v) is 3.45. The van der Waals surface area contributed by atoms with Gasteiger partial charge >= 0.3 is 9.17 Å². The van der Waals surface area contributed by atoms with Gasteiger partial charge in [0.1, 0.15) is 0 Å². The van der Waals surface area contributed by atoms with Gasteiger partial charge in [-0.05, 0) is 13.8 Å². The molecule has 0 rings (SSSR count). The molecule has 0 saturated heterocycles. The summed E-state index contributed by atoms with van der Waals surface area (Å²) in [5.74, 6) is 0. The molecule has 0 heterocycles. The molecule has 0 amide bonds. The Kier molecular flexibility index (Phi) is 3.37. The molecule has 48 valence electrons.